The Morgan fingerprint density at radius 3 is 2.64 bits per heavy atom. The van der Waals surface area contributed by atoms with Gasteiger partial charge in [0.1, 0.15) is 18.5 Å². The minimum absolute atomic E-state index is 0.0122. The molecule has 0 amide bonds. The van der Waals surface area contributed by atoms with Gasteiger partial charge in [-0.05, 0) is 24.3 Å². The number of benzene rings is 1. The van der Waals surface area contributed by atoms with Gasteiger partial charge in [-0.15, -0.1) is 10.2 Å². The largest absolute Gasteiger partial charge is 0.489 e. The van der Waals surface area contributed by atoms with E-state index in [4.69, 9.17) is 9.47 Å². The summed E-state index contributed by atoms with van der Waals surface area (Å²) in [7, 11) is 0. The van der Waals surface area contributed by atoms with Crippen LogP contribution in [0.4, 0.5) is 17.2 Å². The predicted octanol–water partition coefficient (Wildman–Crippen LogP) is 3.18. The number of nitrogens with zero attached hydrogens (tertiary/aromatic N) is 4. The third kappa shape index (κ3) is 3.83. The quantitative estimate of drug-likeness (QED) is 0.353. The molecule has 1 saturated heterocycles. The van der Waals surface area contributed by atoms with Crippen LogP contribution in [0.1, 0.15) is 0 Å². The van der Waals surface area contributed by atoms with Crippen LogP contribution in [0.5, 0.6) is 5.75 Å². The summed E-state index contributed by atoms with van der Waals surface area (Å²) in [6.07, 6.45) is 1.76. The fraction of sp³-hybridized carbons (Fsp3) is 0.214. The molecule has 2 heterocycles. The normalized spacial score (nSPS) is 16.6. The highest BCUT2D eigenvalue weighted by Gasteiger charge is 2.22. The van der Waals surface area contributed by atoms with Crippen LogP contribution in [0.15, 0.2) is 52.8 Å². The van der Waals surface area contributed by atoms with Gasteiger partial charge in [0.05, 0.1) is 23.4 Å². The van der Waals surface area contributed by atoms with Gasteiger partial charge in [-0.25, -0.2) is 4.98 Å². The van der Waals surface area contributed by atoms with Crippen molar-refractivity contribution in [1.29, 1.82) is 0 Å². The van der Waals surface area contributed by atoms with E-state index in [0.29, 0.717) is 23.9 Å². The number of non-ortho nitro benzene ring substituents is 1. The molecule has 0 unspecified atom stereocenters. The number of aromatic nitrogens is 1. The molecule has 1 atom stereocenters. The van der Waals surface area contributed by atoms with Crippen molar-refractivity contribution in [2.24, 2.45) is 10.2 Å². The van der Waals surface area contributed by atoms with Crippen LogP contribution in [-0.4, -0.2) is 29.2 Å². The first-order valence-electron chi connectivity index (χ1n) is 6.57. The standard InChI is InChI=1S/C14H12N4O4/c19-18(20)11-3-1-10(2-4-11)16-17-14-6-5-12(7-15-14)21-8-13-9-22-13/h1-7,13H,8-9H2/b17-16+/t13-/m1/s1. The zero-order chi connectivity index (χ0) is 15.4. The molecule has 1 fully saturated rings. The lowest BCUT2D eigenvalue weighted by atomic mass is 10.3. The molecule has 1 aliphatic rings. The maximum atomic E-state index is 10.5. The summed E-state index contributed by atoms with van der Waals surface area (Å²) in [6.45, 7) is 1.26. The van der Waals surface area contributed by atoms with Crippen LogP contribution in [0.3, 0.4) is 0 Å². The van der Waals surface area contributed by atoms with E-state index in [0.717, 1.165) is 6.61 Å². The summed E-state index contributed by atoms with van der Waals surface area (Å²) in [6, 6.07) is 9.22. The molecule has 1 aromatic heterocycles. The van der Waals surface area contributed by atoms with E-state index >= 15 is 0 Å². The van der Waals surface area contributed by atoms with Crippen molar-refractivity contribution in [2.45, 2.75) is 6.10 Å². The molecule has 1 aromatic carbocycles. The van der Waals surface area contributed by atoms with Crippen molar-refractivity contribution in [3.63, 3.8) is 0 Å². The summed E-state index contributed by atoms with van der Waals surface area (Å²) in [5, 5.41) is 18.5. The number of azo groups is 1. The molecule has 0 bridgehead atoms. The number of nitro groups is 1. The van der Waals surface area contributed by atoms with Gasteiger partial charge in [-0.2, -0.15) is 0 Å². The molecular formula is C14H12N4O4. The predicted molar refractivity (Wildman–Crippen MR) is 76.7 cm³/mol. The van der Waals surface area contributed by atoms with Gasteiger partial charge in [0, 0.05) is 12.1 Å². The Bertz CT molecular complexity index is 681. The van der Waals surface area contributed by atoms with Crippen molar-refractivity contribution in [2.75, 3.05) is 13.2 Å². The van der Waals surface area contributed by atoms with Gasteiger partial charge in [-0.3, -0.25) is 10.1 Å². The van der Waals surface area contributed by atoms with Gasteiger partial charge in [0.15, 0.2) is 5.82 Å². The second-order valence-electron chi connectivity index (χ2n) is 4.59. The lowest BCUT2D eigenvalue weighted by Crippen LogP contribution is -2.03. The molecule has 0 aliphatic carbocycles. The number of rotatable bonds is 6. The molecule has 0 saturated carbocycles. The number of pyridine rings is 1. The molecule has 0 spiro atoms. The molecule has 8 heteroatoms. The Labute approximate surface area is 125 Å². The topological polar surface area (TPSA) is 103 Å². The summed E-state index contributed by atoms with van der Waals surface area (Å²) in [5.41, 5.74) is 0.525. The van der Waals surface area contributed by atoms with Gasteiger partial charge < -0.3 is 9.47 Å². The number of hydrogen-bond acceptors (Lipinski definition) is 7. The lowest BCUT2D eigenvalue weighted by Gasteiger charge is -2.02. The molecule has 112 valence electrons. The van der Waals surface area contributed by atoms with Crippen LogP contribution < -0.4 is 4.74 Å². The molecular weight excluding hydrogens is 288 g/mol. The van der Waals surface area contributed by atoms with E-state index in [9.17, 15) is 10.1 Å². The first-order chi connectivity index (χ1) is 10.7. The van der Waals surface area contributed by atoms with Crippen LogP contribution in [0.2, 0.25) is 0 Å². The van der Waals surface area contributed by atoms with Gasteiger partial charge >= 0.3 is 0 Å². The van der Waals surface area contributed by atoms with E-state index < -0.39 is 4.92 Å². The third-order valence-electron chi connectivity index (χ3n) is 2.89. The molecule has 8 nitrogen and oxygen atoms in total. The highest BCUT2D eigenvalue weighted by Crippen LogP contribution is 2.21. The zero-order valence-corrected chi connectivity index (χ0v) is 11.5. The maximum Gasteiger partial charge on any atom is 0.269 e. The number of epoxide rings is 1. The van der Waals surface area contributed by atoms with Crippen LogP contribution >= 0.6 is 0 Å². The third-order valence-corrected chi connectivity index (χ3v) is 2.89. The smallest absolute Gasteiger partial charge is 0.269 e. The molecule has 2 aromatic rings. The zero-order valence-electron chi connectivity index (χ0n) is 11.5. The summed E-state index contributed by atoms with van der Waals surface area (Å²) in [4.78, 5) is 14.2. The highest BCUT2D eigenvalue weighted by atomic mass is 16.6. The van der Waals surface area contributed by atoms with Crippen LogP contribution in [0.25, 0.3) is 0 Å². The first kappa shape index (κ1) is 14.1. The molecule has 22 heavy (non-hydrogen) atoms. The van der Waals surface area contributed by atoms with E-state index in [2.05, 4.69) is 15.2 Å². The van der Waals surface area contributed by atoms with Gasteiger partial charge in [0.25, 0.3) is 5.69 Å². The van der Waals surface area contributed by atoms with Crippen LogP contribution in [0, 0.1) is 10.1 Å². The second kappa shape index (κ2) is 6.27. The number of ether oxygens (including phenoxy) is 2. The van der Waals surface area contributed by atoms with E-state index in [1.165, 1.54) is 24.3 Å². The van der Waals surface area contributed by atoms with Crippen molar-refractivity contribution in [3.8, 4) is 5.75 Å². The molecule has 3 rings (SSSR count). The van der Waals surface area contributed by atoms with Crippen molar-refractivity contribution >= 4 is 17.2 Å². The first-order valence-corrected chi connectivity index (χ1v) is 6.57. The van der Waals surface area contributed by atoms with Gasteiger partial charge in [-0.1, -0.05) is 0 Å². The Balaban J connectivity index is 1.60. The fourth-order valence-electron chi connectivity index (χ4n) is 1.62. The van der Waals surface area contributed by atoms with E-state index in [1.807, 2.05) is 0 Å². The molecule has 0 N–H and O–H groups in total. The average molecular weight is 300 g/mol. The number of hydrogen-bond donors (Lipinski definition) is 0. The highest BCUT2D eigenvalue weighted by molar-refractivity contribution is 5.44. The second-order valence-corrected chi connectivity index (χ2v) is 4.59. The maximum absolute atomic E-state index is 10.5. The Morgan fingerprint density at radius 1 is 1.27 bits per heavy atom. The Kier molecular flexibility index (Phi) is 4.01. The van der Waals surface area contributed by atoms with Gasteiger partial charge in [0.2, 0.25) is 0 Å². The number of nitro benzene ring substituents is 1. The van der Waals surface area contributed by atoms with Crippen molar-refractivity contribution in [3.05, 3.63) is 52.7 Å². The Hall–Kier alpha value is -2.87. The van der Waals surface area contributed by atoms with Crippen molar-refractivity contribution in [1.82, 2.24) is 4.98 Å². The SMILES string of the molecule is O=[N+]([O-])c1ccc(/N=N/c2ccc(OC[C@@H]3CO3)cn2)cc1. The monoisotopic (exact) mass is 300 g/mol. The van der Waals surface area contributed by atoms with Crippen LogP contribution in [-0.2, 0) is 4.74 Å². The minimum Gasteiger partial charge on any atom is -0.489 e. The lowest BCUT2D eigenvalue weighted by molar-refractivity contribution is -0.384. The average Bonchev–Trinajstić information content (AvgIpc) is 3.36. The Morgan fingerprint density at radius 2 is 2.05 bits per heavy atom. The van der Waals surface area contributed by atoms with E-state index in [-0.39, 0.29) is 11.8 Å². The van der Waals surface area contributed by atoms with E-state index in [1.54, 1.807) is 18.3 Å². The summed E-state index contributed by atoms with van der Waals surface area (Å²) in [5.74, 6) is 1.07. The molecule has 1 aliphatic heterocycles. The molecule has 0 radical (unpaired) electrons. The van der Waals surface area contributed by atoms with Crippen molar-refractivity contribution < 1.29 is 14.4 Å². The fourth-order valence-corrected chi connectivity index (χ4v) is 1.62. The minimum atomic E-state index is -0.464. The summed E-state index contributed by atoms with van der Waals surface area (Å²) < 4.78 is 10.5. The summed E-state index contributed by atoms with van der Waals surface area (Å²) >= 11 is 0.